The van der Waals surface area contributed by atoms with Gasteiger partial charge < -0.3 is 51.8 Å². The summed E-state index contributed by atoms with van der Waals surface area (Å²) < 4.78 is 14.5. The lowest BCUT2D eigenvalue weighted by Crippen LogP contribution is -2.66. The number of dihydropyridines is 2. The molecule has 3 saturated heterocycles. The van der Waals surface area contributed by atoms with Gasteiger partial charge in [-0.05, 0) is 198 Å². The molecule has 1 aromatic carbocycles. The maximum Gasteiger partial charge on any atom is 0.350 e. The van der Waals surface area contributed by atoms with Crippen LogP contribution < -0.4 is 42.5 Å². The molecule has 2 saturated carbocycles. The predicted octanol–water partition coefficient (Wildman–Crippen LogP) is 7.74. The normalized spacial score (nSPS) is 42.1. The number of fused-ring (bicyclic) bond motifs is 5. The monoisotopic (exact) mass is 1130 g/mol. The van der Waals surface area contributed by atoms with Crippen LogP contribution in [0.1, 0.15) is 163 Å². The van der Waals surface area contributed by atoms with Crippen LogP contribution in [0.5, 0.6) is 0 Å². The van der Waals surface area contributed by atoms with Gasteiger partial charge in [0.2, 0.25) is 5.78 Å². The summed E-state index contributed by atoms with van der Waals surface area (Å²) in [4.78, 5) is 53.8. The van der Waals surface area contributed by atoms with Gasteiger partial charge in [0.05, 0.1) is 24.0 Å². The highest BCUT2D eigenvalue weighted by atomic mass is 16.7. The topological polar surface area (TPSA) is 202 Å². The van der Waals surface area contributed by atoms with Gasteiger partial charge in [0, 0.05) is 61.3 Å². The minimum absolute atomic E-state index is 0.0277. The molecule has 13 aliphatic rings. The molecule has 0 aromatic heterocycles. The van der Waals surface area contributed by atoms with Crippen LogP contribution in [0, 0.1) is 46.8 Å². The van der Waals surface area contributed by atoms with Gasteiger partial charge >= 0.3 is 5.97 Å². The molecule has 1 spiro atoms. The molecule has 0 radical (unpaired) electrons. The number of benzene rings is 1. The van der Waals surface area contributed by atoms with Gasteiger partial charge in [-0.2, -0.15) is 0 Å². The SMILES string of the molecule is CCNC12C=C3C=CCC4CCCCC5(C)CC6=CNC7NCCC(CC7=C6)C6CC(O)CC(C6C1)C(OC(=O)C16OC1(CC=C(C)CC1(C7=CCNC8=C7CCC(NC)N8)CCCNC(=NC)N1)C(=O)c1cccc(c1C6=O)C5)C2CC34. The quantitative estimate of drug-likeness (QED) is 0.0530. The van der Waals surface area contributed by atoms with E-state index in [-0.39, 0.29) is 59.5 Å². The second-order valence-corrected chi connectivity index (χ2v) is 28.1. The highest BCUT2D eigenvalue weighted by molar-refractivity contribution is 6.33. The summed E-state index contributed by atoms with van der Waals surface area (Å²) >= 11 is 0. The number of rotatable bonds is 8. The van der Waals surface area contributed by atoms with Gasteiger partial charge in [0.1, 0.15) is 11.9 Å². The summed E-state index contributed by atoms with van der Waals surface area (Å²) in [6.07, 6.45) is 31.0. The highest BCUT2D eigenvalue weighted by Gasteiger charge is 2.86. The van der Waals surface area contributed by atoms with E-state index in [0.717, 1.165) is 132 Å². The van der Waals surface area contributed by atoms with Crippen molar-refractivity contribution in [2.75, 3.05) is 40.3 Å². The second-order valence-electron chi connectivity index (χ2n) is 28.1. The number of carbonyl (C=O) groups excluding carboxylic acids is 3. The first-order valence-corrected chi connectivity index (χ1v) is 32.3. The molecule has 14 rings (SSSR count). The Bertz CT molecular complexity index is 3100. The molecule has 444 valence electrons. The van der Waals surface area contributed by atoms with Crippen molar-refractivity contribution in [3.05, 3.63) is 117 Å². The van der Waals surface area contributed by atoms with Crippen LogP contribution in [0.4, 0.5) is 0 Å². The molecule has 9 N–H and O–H groups in total. The average Bonchev–Trinajstić information content (AvgIpc) is 1.53. The van der Waals surface area contributed by atoms with Crippen LogP contribution in [-0.4, -0.2) is 116 Å². The van der Waals surface area contributed by atoms with Crippen LogP contribution in [0.3, 0.4) is 0 Å². The smallest absolute Gasteiger partial charge is 0.350 e. The van der Waals surface area contributed by atoms with Crippen molar-refractivity contribution in [1.29, 1.82) is 0 Å². The number of aliphatic hydroxyl groups is 1. The zero-order valence-electron chi connectivity index (χ0n) is 49.8. The van der Waals surface area contributed by atoms with E-state index in [4.69, 9.17) is 9.47 Å². The van der Waals surface area contributed by atoms with Crippen molar-refractivity contribution in [3.63, 3.8) is 0 Å². The zero-order valence-corrected chi connectivity index (χ0v) is 49.8. The molecule has 8 heterocycles. The third-order valence-electron chi connectivity index (χ3n) is 23.2. The first kappa shape index (κ1) is 55.5. The Morgan fingerprint density at radius 3 is 2.71 bits per heavy atom. The fraction of sp³-hybridized carbons (Fsp3) is 0.647. The first-order chi connectivity index (χ1) is 40.2. The number of nitrogens with zero attached hydrogens (tertiary/aromatic N) is 1. The summed E-state index contributed by atoms with van der Waals surface area (Å²) in [5, 5.41) is 42.4. The Balaban J connectivity index is 0.917. The standard InChI is InChI=1S/C68H91N9O6/c1-6-75-66-36-43-14-9-13-41-12-7-8-22-64(3)34-40-28-45-29-42(20-26-71-60(45)74-38-40)50-30-46(78)31-51(52(50)37-66)57(54(66)32-49(41)43)82-62(81)68-59(80)56-44(35-64)15-10-16-48(56)58(79)67(68,83-68)24-19-39(2)33-65(23-11-25-73-63(70-5)77-65)53-21-27-72-61-47(53)17-18-55(69-4)76-61/h9-10,14-16,19,21,28,36,38,41-42,46,49-52,54-55,57,60,69,71-72,74-76,78H,6-8,11-13,17-18,20,22-27,29-35,37H2,1-5H3,(H2,70,73,77). The number of carbonyl (C=O) groups is 3. The second kappa shape index (κ2) is 21.3. The number of aliphatic imine (C=N–C) groups is 1. The molecule has 5 aliphatic carbocycles. The highest BCUT2D eigenvalue weighted by Crippen LogP contribution is 2.63. The van der Waals surface area contributed by atoms with E-state index >= 15 is 14.4 Å². The van der Waals surface area contributed by atoms with Crippen LogP contribution in [-0.2, 0) is 20.7 Å². The molecule has 16 unspecified atom stereocenters. The largest absolute Gasteiger partial charge is 0.459 e. The van der Waals surface area contributed by atoms with E-state index in [1.165, 1.54) is 27.9 Å². The van der Waals surface area contributed by atoms with Gasteiger partial charge in [-0.25, -0.2) is 4.79 Å². The van der Waals surface area contributed by atoms with E-state index in [1.54, 1.807) is 6.07 Å². The van der Waals surface area contributed by atoms with Crippen molar-refractivity contribution in [1.82, 2.24) is 42.5 Å². The first-order valence-electron chi connectivity index (χ1n) is 32.3. The molecule has 8 aliphatic heterocycles. The van der Waals surface area contributed by atoms with E-state index < -0.39 is 46.2 Å². The predicted molar refractivity (Wildman–Crippen MR) is 322 cm³/mol. The molecule has 5 fully saturated rings. The summed E-state index contributed by atoms with van der Waals surface area (Å²) in [6, 6.07) is 5.76. The molecule has 16 atom stereocenters. The number of esters is 1. The van der Waals surface area contributed by atoms with Gasteiger partial charge in [-0.1, -0.05) is 86.9 Å². The number of guanidine groups is 1. The zero-order chi connectivity index (χ0) is 57.0. The number of allylic oxidation sites excluding steroid dienone is 5. The van der Waals surface area contributed by atoms with Gasteiger partial charge in [0.15, 0.2) is 17.3 Å². The lowest BCUT2D eigenvalue weighted by molar-refractivity contribution is -0.181. The van der Waals surface area contributed by atoms with Crippen molar-refractivity contribution in [2.45, 2.75) is 190 Å². The number of epoxide rings is 1. The summed E-state index contributed by atoms with van der Waals surface area (Å²) in [7, 11) is 3.81. The molecule has 83 heavy (non-hydrogen) atoms. The molecule has 1 aromatic rings. The number of hydrogen-bond donors (Lipinski definition) is 9. The maximum atomic E-state index is 16.5. The molecular formula is C68H91N9O6. The summed E-state index contributed by atoms with van der Waals surface area (Å²) in [5.74, 6) is 1.26. The number of likely N-dealkylation sites (N-methyl/N-ethyl adjacent to an activating group) is 1. The van der Waals surface area contributed by atoms with E-state index in [9.17, 15) is 5.11 Å². The van der Waals surface area contributed by atoms with Crippen LogP contribution in [0.2, 0.25) is 0 Å². The maximum absolute atomic E-state index is 16.5. The Morgan fingerprint density at radius 2 is 1.86 bits per heavy atom. The van der Waals surface area contributed by atoms with Crippen molar-refractivity contribution in [3.8, 4) is 0 Å². The van der Waals surface area contributed by atoms with Crippen molar-refractivity contribution >= 4 is 23.5 Å². The molecule has 15 nitrogen and oxygen atoms in total. The molecule has 15 heteroatoms. The van der Waals surface area contributed by atoms with Gasteiger partial charge in [-0.15, -0.1) is 0 Å². The number of Topliss-reactive ketones (excluding diaryl/α,β-unsaturated/α-hetero) is 2. The minimum atomic E-state index is -2.19. The number of hydrogen-bond acceptors (Lipinski definition) is 13. The fourth-order valence-electron chi connectivity index (χ4n) is 19.5. The van der Waals surface area contributed by atoms with Gasteiger partial charge in [-0.3, -0.25) is 19.9 Å². The van der Waals surface area contributed by atoms with E-state index in [2.05, 4.69) is 111 Å². The third kappa shape index (κ3) is 9.19. The Labute approximate surface area is 491 Å². The van der Waals surface area contributed by atoms with Crippen LogP contribution in [0.15, 0.2) is 105 Å². The fourth-order valence-corrected chi connectivity index (χ4v) is 19.5. The molecular weight excluding hydrogens is 1040 g/mol. The Kier molecular flexibility index (Phi) is 14.2. The van der Waals surface area contributed by atoms with E-state index in [1.807, 2.05) is 26.2 Å². The van der Waals surface area contributed by atoms with Crippen molar-refractivity contribution in [2.24, 2.45) is 51.8 Å². The lowest BCUT2D eigenvalue weighted by atomic mass is 9.49. The van der Waals surface area contributed by atoms with Gasteiger partial charge in [0.25, 0.3) is 5.60 Å². The number of ketones is 2. The molecule has 12 bridgehead atoms. The van der Waals surface area contributed by atoms with Crippen LogP contribution >= 0.6 is 0 Å². The average molecular weight is 1130 g/mol. The van der Waals surface area contributed by atoms with Crippen LogP contribution in [0.25, 0.3) is 0 Å². The number of nitrogens with one attached hydrogen (secondary N) is 8. The van der Waals surface area contributed by atoms with Crippen molar-refractivity contribution < 1.29 is 29.0 Å². The minimum Gasteiger partial charge on any atom is -0.459 e. The Morgan fingerprint density at radius 1 is 0.976 bits per heavy atom. The summed E-state index contributed by atoms with van der Waals surface area (Å²) in [6.45, 7) is 9.74. The lowest BCUT2D eigenvalue weighted by Gasteiger charge is -2.60. The number of ether oxygens (including phenoxy) is 2. The third-order valence-corrected chi connectivity index (χ3v) is 23.2. The summed E-state index contributed by atoms with van der Waals surface area (Å²) in [5.41, 5.74) is 3.60. The van der Waals surface area contributed by atoms with E-state index in [0.29, 0.717) is 55.2 Å². The number of aliphatic hydroxyl groups excluding tert-OH is 1. The Hall–Kier alpha value is -5.32. The molecule has 0 amide bonds.